The number of imide groups is 2. The van der Waals surface area contributed by atoms with Crippen molar-refractivity contribution in [2.45, 2.75) is 6.92 Å². The van der Waals surface area contributed by atoms with Crippen LogP contribution in [0.25, 0.3) is 10.2 Å². The lowest BCUT2D eigenvalue weighted by Gasteiger charge is -2.20. The standard InChI is InChI=1S/C13H11N5O3S/c1-6(9-10(19)15-12(21)16-11(9)20)17-18-13-14-7-4-2-3-5-8(7)22-13/h2-5,9H,1H3,(H,14,18)(H2,15,16,19,20,21)/b17-6-. The Morgan fingerprint density at radius 1 is 1.23 bits per heavy atom. The number of barbiturate groups is 1. The van der Waals surface area contributed by atoms with Crippen molar-refractivity contribution < 1.29 is 14.4 Å². The first-order valence-corrected chi connectivity index (χ1v) is 7.17. The highest BCUT2D eigenvalue weighted by atomic mass is 32.1. The third-order valence-electron chi connectivity index (χ3n) is 3.04. The van der Waals surface area contributed by atoms with Crippen LogP contribution in [-0.2, 0) is 9.59 Å². The molecule has 1 aliphatic heterocycles. The molecule has 0 unspecified atom stereocenters. The number of fused-ring (bicyclic) bond motifs is 1. The number of para-hydroxylation sites is 1. The lowest BCUT2D eigenvalue weighted by atomic mass is 10.0. The number of hydrogen-bond donors (Lipinski definition) is 3. The molecular formula is C13H11N5O3S. The normalized spacial score (nSPS) is 16.6. The molecule has 9 heteroatoms. The van der Waals surface area contributed by atoms with Gasteiger partial charge in [-0.15, -0.1) is 0 Å². The number of hydrazone groups is 1. The van der Waals surface area contributed by atoms with Gasteiger partial charge < -0.3 is 0 Å². The number of urea groups is 1. The van der Waals surface area contributed by atoms with Crippen molar-refractivity contribution in [3.63, 3.8) is 0 Å². The SMILES string of the molecule is C/C(=N/Nc1nc2ccccc2s1)C1C(=O)NC(=O)NC1=O. The third-order valence-corrected chi connectivity index (χ3v) is 3.98. The van der Waals surface area contributed by atoms with E-state index in [2.05, 4.69) is 15.5 Å². The van der Waals surface area contributed by atoms with Gasteiger partial charge in [-0.05, 0) is 19.1 Å². The molecule has 2 aromatic rings. The van der Waals surface area contributed by atoms with Gasteiger partial charge in [-0.1, -0.05) is 23.5 Å². The van der Waals surface area contributed by atoms with E-state index in [-0.39, 0.29) is 5.71 Å². The van der Waals surface area contributed by atoms with Gasteiger partial charge in [0.05, 0.1) is 15.9 Å². The summed E-state index contributed by atoms with van der Waals surface area (Å²) in [7, 11) is 0. The van der Waals surface area contributed by atoms with Crippen LogP contribution < -0.4 is 16.1 Å². The molecule has 0 aliphatic carbocycles. The van der Waals surface area contributed by atoms with E-state index in [0.29, 0.717) is 5.13 Å². The Hall–Kier alpha value is -2.81. The molecule has 0 radical (unpaired) electrons. The Morgan fingerprint density at radius 3 is 2.59 bits per heavy atom. The van der Waals surface area contributed by atoms with E-state index in [1.807, 2.05) is 34.9 Å². The monoisotopic (exact) mass is 317 g/mol. The van der Waals surface area contributed by atoms with Crippen LogP contribution in [0.2, 0.25) is 0 Å². The highest BCUT2D eigenvalue weighted by Crippen LogP contribution is 2.25. The predicted molar refractivity (Wildman–Crippen MR) is 81.5 cm³/mol. The molecule has 1 saturated heterocycles. The Balaban J connectivity index is 1.78. The smallest absolute Gasteiger partial charge is 0.277 e. The van der Waals surface area contributed by atoms with E-state index in [0.717, 1.165) is 10.2 Å². The topological polar surface area (TPSA) is 113 Å². The van der Waals surface area contributed by atoms with E-state index < -0.39 is 23.8 Å². The summed E-state index contributed by atoms with van der Waals surface area (Å²) in [5, 5.41) is 8.63. The van der Waals surface area contributed by atoms with Crippen LogP contribution in [0.1, 0.15) is 6.92 Å². The minimum atomic E-state index is -1.14. The molecule has 4 amide bonds. The molecule has 0 saturated carbocycles. The number of nitrogens with one attached hydrogen (secondary N) is 3. The van der Waals surface area contributed by atoms with E-state index in [9.17, 15) is 14.4 Å². The van der Waals surface area contributed by atoms with Gasteiger partial charge in [0.25, 0.3) is 0 Å². The molecule has 1 aromatic heterocycles. The summed E-state index contributed by atoms with van der Waals surface area (Å²) < 4.78 is 0.997. The molecule has 0 bridgehead atoms. The van der Waals surface area contributed by atoms with E-state index in [1.165, 1.54) is 18.3 Å². The quantitative estimate of drug-likeness (QED) is 0.445. The Labute approximate surface area is 128 Å². The molecule has 1 fully saturated rings. The van der Waals surface area contributed by atoms with Crippen LogP contribution in [0.5, 0.6) is 0 Å². The van der Waals surface area contributed by atoms with Gasteiger partial charge in [-0.3, -0.25) is 25.6 Å². The van der Waals surface area contributed by atoms with Gasteiger partial charge in [0.2, 0.25) is 16.9 Å². The van der Waals surface area contributed by atoms with Gasteiger partial charge in [-0.2, -0.15) is 5.10 Å². The molecule has 1 aliphatic rings. The number of thiazole rings is 1. The van der Waals surface area contributed by atoms with Crippen molar-refractivity contribution in [1.29, 1.82) is 0 Å². The number of benzene rings is 1. The number of rotatable bonds is 3. The largest absolute Gasteiger partial charge is 0.328 e. The number of carbonyl (C=O) groups is 3. The second-order valence-electron chi connectivity index (χ2n) is 4.59. The second kappa shape index (κ2) is 5.53. The number of nitrogens with zero attached hydrogens (tertiary/aromatic N) is 2. The van der Waals surface area contributed by atoms with E-state index >= 15 is 0 Å². The van der Waals surface area contributed by atoms with Crippen molar-refractivity contribution in [3.05, 3.63) is 24.3 Å². The van der Waals surface area contributed by atoms with Gasteiger partial charge in [0, 0.05) is 0 Å². The Morgan fingerprint density at radius 2 is 1.91 bits per heavy atom. The van der Waals surface area contributed by atoms with Crippen molar-refractivity contribution in [2.75, 3.05) is 5.43 Å². The fraction of sp³-hybridized carbons (Fsp3) is 0.154. The zero-order valence-electron chi connectivity index (χ0n) is 11.4. The highest BCUT2D eigenvalue weighted by molar-refractivity contribution is 7.22. The minimum Gasteiger partial charge on any atom is -0.277 e. The van der Waals surface area contributed by atoms with Crippen LogP contribution >= 0.6 is 11.3 Å². The first-order valence-electron chi connectivity index (χ1n) is 6.36. The Kier molecular flexibility index (Phi) is 3.55. The summed E-state index contributed by atoms with van der Waals surface area (Å²) >= 11 is 1.40. The number of aromatic nitrogens is 1. The molecular weight excluding hydrogens is 306 g/mol. The molecule has 1 aromatic carbocycles. The molecule has 0 atom stereocenters. The van der Waals surface area contributed by atoms with Gasteiger partial charge in [0.15, 0.2) is 5.92 Å². The average Bonchev–Trinajstić information content (AvgIpc) is 2.86. The maximum atomic E-state index is 11.7. The van der Waals surface area contributed by atoms with Crippen LogP contribution in [0, 0.1) is 5.92 Å². The molecule has 2 heterocycles. The second-order valence-corrected chi connectivity index (χ2v) is 5.62. The fourth-order valence-electron chi connectivity index (χ4n) is 2.02. The van der Waals surface area contributed by atoms with Crippen molar-refractivity contribution in [2.24, 2.45) is 11.0 Å². The third kappa shape index (κ3) is 2.66. The van der Waals surface area contributed by atoms with Crippen LogP contribution in [0.4, 0.5) is 9.93 Å². The fourth-order valence-corrected chi connectivity index (χ4v) is 2.83. The van der Waals surface area contributed by atoms with Crippen molar-refractivity contribution in [3.8, 4) is 0 Å². The molecule has 3 N–H and O–H groups in total. The molecule has 22 heavy (non-hydrogen) atoms. The molecule has 0 spiro atoms. The summed E-state index contributed by atoms with van der Waals surface area (Å²) in [4.78, 5) is 38.7. The predicted octanol–water partition coefficient (Wildman–Crippen LogP) is 1.07. The van der Waals surface area contributed by atoms with Crippen LogP contribution in [-0.4, -0.2) is 28.5 Å². The summed E-state index contributed by atoms with van der Waals surface area (Å²) in [6.45, 7) is 1.53. The van der Waals surface area contributed by atoms with E-state index in [4.69, 9.17) is 0 Å². The summed E-state index contributed by atoms with van der Waals surface area (Å²) in [5.41, 5.74) is 3.81. The van der Waals surface area contributed by atoms with Crippen molar-refractivity contribution >= 4 is 50.2 Å². The summed E-state index contributed by atoms with van der Waals surface area (Å²) in [6, 6.07) is 6.78. The average molecular weight is 317 g/mol. The Bertz CT molecular complexity index is 760. The van der Waals surface area contributed by atoms with Crippen molar-refractivity contribution in [1.82, 2.24) is 15.6 Å². The first kappa shape index (κ1) is 14.1. The maximum Gasteiger partial charge on any atom is 0.328 e. The highest BCUT2D eigenvalue weighted by Gasteiger charge is 2.36. The molecule has 112 valence electrons. The first-order chi connectivity index (χ1) is 10.5. The van der Waals surface area contributed by atoms with E-state index in [1.54, 1.807) is 0 Å². The summed E-state index contributed by atoms with van der Waals surface area (Å²) in [6.07, 6.45) is 0. The zero-order valence-corrected chi connectivity index (χ0v) is 12.2. The number of anilines is 1. The lowest BCUT2D eigenvalue weighted by Crippen LogP contribution is -2.57. The lowest BCUT2D eigenvalue weighted by molar-refractivity contribution is -0.132. The number of hydrogen-bond acceptors (Lipinski definition) is 7. The number of amides is 4. The van der Waals surface area contributed by atoms with Gasteiger partial charge in [-0.25, -0.2) is 9.78 Å². The maximum absolute atomic E-state index is 11.7. The van der Waals surface area contributed by atoms with Crippen LogP contribution in [0.3, 0.4) is 0 Å². The van der Waals surface area contributed by atoms with Gasteiger partial charge in [0.1, 0.15) is 0 Å². The summed E-state index contributed by atoms with van der Waals surface area (Å²) in [5.74, 6) is -2.53. The molecule has 3 rings (SSSR count). The molecule has 8 nitrogen and oxygen atoms in total. The minimum absolute atomic E-state index is 0.238. The van der Waals surface area contributed by atoms with Gasteiger partial charge >= 0.3 is 6.03 Å². The van der Waals surface area contributed by atoms with Crippen LogP contribution in [0.15, 0.2) is 29.4 Å². The zero-order chi connectivity index (χ0) is 15.7. The number of carbonyl (C=O) groups excluding carboxylic acids is 3.